The van der Waals surface area contributed by atoms with Gasteiger partial charge in [0.25, 0.3) is 0 Å². The van der Waals surface area contributed by atoms with Crippen LogP contribution in [0.5, 0.6) is 0 Å². The highest BCUT2D eigenvalue weighted by Gasteiger charge is 2.02. The molecule has 0 saturated heterocycles. The van der Waals surface area contributed by atoms with Crippen molar-refractivity contribution in [3.8, 4) is 6.07 Å². The van der Waals surface area contributed by atoms with E-state index in [1.807, 2.05) is 43.3 Å². The van der Waals surface area contributed by atoms with Crippen LogP contribution < -0.4 is 0 Å². The average molecular weight is 209 g/mol. The smallest absolute Gasteiger partial charge is 0.144 e. The summed E-state index contributed by atoms with van der Waals surface area (Å²) in [7, 11) is 0. The zero-order chi connectivity index (χ0) is 11.4. The summed E-state index contributed by atoms with van der Waals surface area (Å²) in [6.45, 7) is 1.87. The molecule has 3 heteroatoms. The van der Waals surface area contributed by atoms with E-state index in [4.69, 9.17) is 5.26 Å². The van der Waals surface area contributed by atoms with Crippen LogP contribution in [-0.2, 0) is 6.42 Å². The Kier molecular flexibility index (Phi) is 2.93. The molecule has 0 radical (unpaired) electrons. The third-order valence-corrected chi connectivity index (χ3v) is 2.22. The van der Waals surface area contributed by atoms with Crippen LogP contribution in [0.3, 0.4) is 0 Å². The van der Waals surface area contributed by atoms with Gasteiger partial charge >= 0.3 is 0 Å². The molecule has 0 aliphatic carbocycles. The SMILES string of the molecule is Cc1cc(C#N)nc(Cc2ccccc2)n1. The number of hydrogen-bond donors (Lipinski definition) is 0. The van der Waals surface area contributed by atoms with Gasteiger partial charge in [0.05, 0.1) is 0 Å². The van der Waals surface area contributed by atoms with Crippen molar-refractivity contribution in [3.63, 3.8) is 0 Å². The molecule has 1 heterocycles. The van der Waals surface area contributed by atoms with Crippen molar-refractivity contribution in [1.82, 2.24) is 9.97 Å². The van der Waals surface area contributed by atoms with E-state index in [-0.39, 0.29) is 0 Å². The number of nitriles is 1. The molecule has 0 fully saturated rings. The van der Waals surface area contributed by atoms with E-state index >= 15 is 0 Å². The molecular weight excluding hydrogens is 198 g/mol. The van der Waals surface area contributed by atoms with Crippen LogP contribution in [-0.4, -0.2) is 9.97 Å². The van der Waals surface area contributed by atoms with Crippen molar-refractivity contribution in [2.75, 3.05) is 0 Å². The highest BCUT2D eigenvalue weighted by Crippen LogP contribution is 2.06. The summed E-state index contributed by atoms with van der Waals surface area (Å²) in [4.78, 5) is 8.49. The van der Waals surface area contributed by atoms with Gasteiger partial charge in [-0.2, -0.15) is 5.26 Å². The Hall–Kier alpha value is -2.21. The third-order valence-electron chi connectivity index (χ3n) is 2.22. The summed E-state index contributed by atoms with van der Waals surface area (Å²) < 4.78 is 0. The number of benzene rings is 1. The van der Waals surface area contributed by atoms with E-state index in [2.05, 4.69) is 9.97 Å². The summed E-state index contributed by atoms with van der Waals surface area (Å²) in [6, 6.07) is 13.7. The van der Waals surface area contributed by atoms with Gasteiger partial charge in [-0.25, -0.2) is 9.97 Å². The molecule has 0 spiro atoms. The Labute approximate surface area is 94.4 Å². The normalized spacial score (nSPS) is 9.75. The maximum absolute atomic E-state index is 8.81. The first-order valence-electron chi connectivity index (χ1n) is 5.06. The highest BCUT2D eigenvalue weighted by atomic mass is 14.9. The van der Waals surface area contributed by atoms with Gasteiger partial charge in [0.2, 0.25) is 0 Å². The molecule has 0 aliphatic rings. The van der Waals surface area contributed by atoms with Crippen LogP contribution in [0.2, 0.25) is 0 Å². The molecule has 0 bridgehead atoms. The number of rotatable bonds is 2. The first-order chi connectivity index (χ1) is 7.78. The molecule has 3 nitrogen and oxygen atoms in total. The lowest BCUT2D eigenvalue weighted by molar-refractivity contribution is 0.932. The van der Waals surface area contributed by atoms with E-state index in [0.717, 1.165) is 11.3 Å². The second-order valence-electron chi connectivity index (χ2n) is 3.58. The lowest BCUT2D eigenvalue weighted by atomic mass is 10.1. The second kappa shape index (κ2) is 4.54. The van der Waals surface area contributed by atoms with E-state index in [1.165, 1.54) is 0 Å². The molecule has 2 rings (SSSR count). The maximum Gasteiger partial charge on any atom is 0.144 e. The summed E-state index contributed by atoms with van der Waals surface area (Å²) in [6.07, 6.45) is 0.664. The lowest BCUT2D eigenvalue weighted by Gasteiger charge is -2.02. The molecule has 0 aliphatic heterocycles. The number of nitrogens with zero attached hydrogens (tertiary/aromatic N) is 3. The zero-order valence-electron chi connectivity index (χ0n) is 9.01. The van der Waals surface area contributed by atoms with Gasteiger partial charge in [-0.15, -0.1) is 0 Å². The van der Waals surface area contributed by atoms with Gasteiger partial charge in [0.1, 0.15) is 17.6 Å². The largest absolute Gasteiger partial charge is 0.238 e. The minimum atomic E-state index is 0.429. The first kappa shape index (κ1) is 10.3. The lowest BCUT2D eigenvalue weighted by Crippen LogP contribution is -2.00. The summed E-state index contributed by atoms with van der Waals surface area (Å²) in [5.74, 6) is 0.697. The van der Waals surface area contributed by atoms with E-state index in [0.29, 0.717) is 17.9 Å². The Bertz CT molecular complexity index is 527. The monoisotopic (exact) mass is 209 g/mol. The molecule has 0 N–H and O–H groups in total. The van der Waals surface area contributed by atoms with Crippen molar-refractivity contribution >= 4 is 0 Å². The number of hydrogen-bond acceptors (Lipinski definition) is 3. The summed E-state index contributed by atoms with van der Waals surface area (Å²) in [5, 5.41) is 8.81. The first-order valence-corrected chi connectivity index (χ1v) is 5.06. The van der Waals surface area contributed by atoms with Gasteiger partial charge in [-0.3, -0.25) is 0 Å². The molecule has 2 aromatic rings. The predicted molar refractivity (Wildman–Crippen MR) is 60.7 cm³/mol. The predicted octanol–water partition coefficient (Wildman–Crippen LogP) is 2.25. The summed E-state index contributed by atoms with van der Waals surface area (Å²) >= 11 is 0. The van der Waals surface area contributed by atoms with E-state index in [1.54, 1.807) is 6.07 Å². The minimum absolute atomic E-state index is 0.429. The van der Waals surface area contributed by atoms with E-state index < -0.39 is 0 Å². The fourth-order valence-corrected chi connectivity index (χ4v) is 1.54. The van der Waals surface area contributed by atoms with Crippen molar-refractivity contribution in [3.05, 3.63) is 59.2 Å². The molecule has 0 amide bonds. The fourth-order valence-electron chi connectivity index (χ4n) is 1.54. The molecule has 0 unspecified atom stereocenters. The van der Waals surface area contributed by atoms with Gasteiger partial charge in [-0.05, 0) is 18.6 Å². The van der Waals surface area contributed by atoms with Gasteiger partial charge in [-0.1, -0.05) is 30.3 Å². The molecule has 1 aromatic heterocycles. The molecule has 0 saturated carbocycles. The molecule has 1 aromatic carbocycles. The minimum Gasteiger partial charge on any atom is -0.238 e. The van der Waals surface area contributed by atoms with Gasteiger partial charge < -0.3 is 0 Å². The van der Waals surface area contributed by atoms with Crippen LogP contribution in [0.25, 0.3) is 0 Å². The molecular formula is C13H11N3. The zero-order valence-corrected chi connectivity index (χ0v) is 9.01. The summed E-state index contributed by atoms with van der Waals surface area (Å²) in [5.41, 5.74) is 2.41. The van der Waals surface area contributed by atoms with Crippen LogP contribution >= 0.6 is 0 Å². The number of aromatic nitrogens is 2. The van der Waals surface area contributed by atoms with Gasteiger partial charge in [0, 0.05) is 12.1 Å². The second-order valence-corrected chi connectivity index (χ2v) is 3.58. The Morgan fingerprint density at radius 3 is 2.62 bits per heavy atom. The van der Waals surface area contributed by atoms with Crippen LogP contribution in [0.1, 0.15) is 22.8 Å². The molecule has 0 atom stereocenters. The topological polar surface area (TPSA) is 49.6 Å². The van der Waals surface area contributed by atoms with Crippen LogP contribution in [0.15, 0.2) is 36.4 Å². The van der Waals surface area contributed by atoms with Crippen molar-refractivity contribution in [2.45, 2.75) is 13.3 Å². The quantitative estimate of drug-likeness (QED) is 0.762. The van der Waals surface area contributed by atoms with Crippen LogP contribution in [0, 0.1) is 18.3 Å². The van der Waals surface area contributed by atoms with E-state index in [9.17, 15) is 0 Å². The highest BCUT2D eigenvalue weighted by molar-refractivity contribution is 5.25. The Morgan fingerprint density at radius 1 is 1.19 bits per heavy atom. The number of aryl methyl sites for hydroxylation is 1. The standard InChI is InChI=1S/C13H11N3/c1-10-7-12(9-14)16-13(15-10)8-11-5-3-2-4-6-11/h2-7H,8H2,1H3. The van der Waals surface area contributed by atoms with Crippen molar-refractivity contribution in [1.29, 1.82) is 5.26 Å². The Balaban J connectivity index is 2.29. The van der Waals surface area contributed by atoms with Gasteiger partial charge in [0.15, 0.2) is 0 Å². The third kappa shape index (κ3) is 2.43. The molecule has 16 heavy (non-hydrogen) atoms. The van der Waals surface area contributed by atoms with Crippen LogP contribution in [0.4, 0.5) is 0 Å². The fraction of sp³-hybridized carbons (Fsp3) is 0.154. The van der Waals surface area contributed by atoms with Crippen molar-refractivity contribution in [2.24, 2.45) is 0 Å². The maximum atomic E-state index is 8.81. The molecule has 78 valence electrons. The Morgan fingerprint density at radius 2 is 1.94 bits per heavy atom. The average Bonchev–Trinajstić information content (AvgIpc) is 2.29. The van der Waals surface area contributed by atoms with Crippen molar-refractivity contribution < 1.29 is 0 Å².